The first-order valence-electron chi connectivity index (χ1n) is 14.7. The van der Waals surface area contributed by atoms with Gasteiger partial charge in [0.25, 0.3) is 5.56 Å². The number of nitrogens with zero attached hydrogens (tertiary/aromatic N) is 6. The van der Waals surface area contributed by atoms with E-state index in [0.29, 0.717) is 34.3 Å². The average Bonchev–Trinajstić information content (AvgIpc) is 3.02. The summed E-state index contributed by atoms with van der Waals surface area (Å²) < 4.78 is 57.4. The number of halogens is 2. The summed E-state index contributed by atoms with van der Waals surface area (Å²) in [6.07, 6.45) is 9.19. The van der Waals surface area contributed by atoms with Gasteiger partial charge in [0.15, 0.2) is 11.6 Å². The van der Waals surface area contributed by atoms with Crippen molar-refractivity contribution in [1.29, 1.82) is 5.26 Å². The molecule has 1 saturated carbocycles. The van der Waals surface area contributed by atoms with E-state index >= 15 is 0 Å². The van der Waals surface area contributed by atoms with Crippen LogP contribution in [0.5, 0.6) is 0 Å². The second-order valence-corrected chi connectivity index (χ2v) is 13.4. The zero-order valence-electron chi connectivity index (χ0n) is 24.5. The molecule has 0 radical (unpaired) electrons. The first kappa shape index (κ1) is 30.5. The number of fused-ring (bicyclic) bond motifs is 1. The van der Waals surface area contributed by atoms with Crippen molar-refractivity contribution in [2.45, 2.75) is 61.9 Å². The van der Waals surface area contributed by atoms with E-state index in [1.54, 1.807) is 25.2 Å². The van der Waals surface area contributed by atoms with Crippen LogP contribution in [0.3, 0.4) is 0 Å². The molecule has 10 nitrogen and oxygen atoms in total. The van der Waals surface area contributed by atoms with E-state index in [1.165, 1.54) is 41.1 Å². The quantitative estimate of drug-likeness (QED) is 0.293. The van der Waals surface area contributed by atoms with Gasteiger partial charge in [0.05, 0.1) is 39.9 Å². The minimum atomic E-state index is -4.46. The lowest BCUT2D eigenvalue weighted by Gasteiger charge is -2.41. The SMILES string of the molecule is Cn1cnc2cc(N(Cc3ccc(C4CCCCC4)cn3)C(=O)[C@H]3CCN3S(=O)(=O)c3cc(F)c(F)c(C#N)c3)ccc2c1=O. The number of benzene rings is 2. The number of aryl methyl sites for hydroxylation is 1. The Bertz CT molecular complexity index is 2000. The third-order valence-corrected chi connectivity index (χ3v) is 10.6. The second kappa shape index (κ2) is 12.1. The molecule has 0 bridgehead atoms. The molecule has 1 atom stereocenters. The minimum Gasteiger partial charge on any atom is -0.305 e. The van der Waals surface area contributed by atoms with Gasteiger partial charge in [-0.05, 0) is 67.1 Å². The lowest BCUT2D eigenvalue weighted by molar-refractivity contribution is -0.125. The molecule has 2 aromatic carbocycles. The normalized spacial score (nSPS) is 17.5. The van der Waals surface area contributed by atoms with Crippen molar-refractivity contribution in [3.8, 4) is 6.07 Å². The zero-order valence-corrected chi connectivity index (χ0v) is 25.3. The fraction of sp³-hybridized carbons (Fsp3) is 0.344. The number of aromatic nitrogens is 3. The minimum absolute atomic E-state index is 0.00821. The summed E-state index contributed by atoms with van der Waals surface area (Å²) in [6, 6.07) is 10.2. The Kier molecular flexibility index (Phi) is 8.20. The number of carbonyl (C=O) groups excluding carboxylic acids is 1. The molecular weight excluding hydrogens is 602 g/mol. The lowest BCUT2D eigenvalue weighted by Crippen LogP contribution is -2.59. The third kappa shape index (κ3) is 5.71. The van der Waals surface area contributed by atoms with E-state index in [2.05, 4.69) is 9.97 Å². The van der Waals surface area contributed by atoms with Crippen LogP contribution in [0.2, 0.25) is 0 Å². The van der Waals surface area contributed by atoms with Gasteiger partial charge < -0.3 is 9.47 Å². The van der Waals surface area contributed by atoms with Crippen LogP contribution in [0.25, 0.3) is 10.9 Å². The highest BCUT2D eigenvalue weighted by Crippen LogP contribution is 2.34. The molecule has 0 unspecified atom stereocenters. The van der Waals surface area contributed by atoms with Gasteiger partial charge in [-0.25, -0.2) is 22.2 Å². The topological polar surface area (TPSA) is 129 Å². The molecule has 4 aromatic rings. The molecule has 2 aliphatic rings. The summed E-state index contributed by atoms with van der Waals surface area (Å²) in [7, 11) is -2.88. The van der Waals surface area contributed by atoms with Crippen molar-refractivity contribution in [2.24, 2.45) is 7.05 Å². The maximum absolute atomic E-state index is 14.2. The van der Waals surface area contributed by atoms with E-state index in [9.17, 15) is 26.8 Å². The molecule has 3 heterocycles. The number of rotatable bonds is 7. The monoisotopic (exact) mass is 632 g/mol. The lowest BCUT2D eigenvalue weighted by atomic mass is 9.85. The van der Waals surface area contributed by atoms with Crippen molar-refractivity contribution in [1.82, 2.24) is 18.8 Å². The van der Waals surface area contributed by atoms with Crippen molar-refractivity contribution in [3.05, 3.63) is 93.8 Å². The standard InChI is InChI=1S/C32H30F2N6O4S/c1-38-19-37-28-14-24(9-10-26(28)31(38)41)39(18-23-8-7-21(17-36-23)20-5-3-2-4-6-20)32(42)29-11-12-40(29)45(43,44)25-13-22(16-35)30(34)27(33)15-25/h7-10,13-15,17,19-20,29H,2-6,11-12,18H2,1H3/t29-/m1/s1. The van der Waals surface area contributed by atoms with Crippen LogP contribution in [0, 0.1) is 23.0 Å². The molecule has 1 amide bonds. The molecule has 13 heteroatoms. The van der Waals surface area contributed by atoms with Gasteiger partial charge in [-0.1, -0.05) is 25.3 Å². The van der Waals surface area contributed by atoms with Gasteiger partial charge in [-0.2, -0.15) is 9.57 Å². The number of sulfonamides is 1. The van der Waals surface area contributed by atoms with Crippen molar-refractivity contribution >= 4 is 32.5 Å². The van der Waals surface area contributed by atoms with Crippen LogP contribution in [-0.4, -0.2) is 45.8 Å². The number of anilines is 1. The Labute approximate surface area is 258 Å². The Balaban J connectivity index is 1.34. The molecular formula is C32H30F2N6O4S. The molecule has 1 aliphatic heterocycles. The Morgan fingerprint density at radius 1 is 1.07 bits per heavy atom. The Morgan fingerprint density at radius 3 is 2.51 bits per heavy atom. The third-order valence-electron chi connectivity index (χ3n) is 8.71. The van der Waals surface area contributed by atoms with Gasteiger partial charge in [0.1, 0.15) is 12.1 Å². The summed E-state index contributed by atoms with van der Waals surface area (Å²) in [5.41, 5.74) is 1.45. The van der Waals surface area contributed by atoms with E-state index in [-0.39, 0.29) is 25.1 Å². The number of nitriles is 1. The van der Waals surface area contributed by atoms with Crippen LogP contribution in [0.15, 0.2) is 64.7 Å². The molecule has 1 aliphatic carbocycles. The predicted molar refractivity (Wildman–Crippen MR) is 162 cm³/mol. The van der Waals surface area contributed by atoms with Gasteiger partial charge in [0, 0.05) is 25.5 Å². The average molecular weight is 633 g/mol. The van der Waals surface area contributed by atoms with Crippen LogP contribution < -0.4 is 10.5 Å². The molecule has 6 rings (SSSR count). The number of hydrogen-bond donors (Lipinski definition) is 0. The largest absolute Gasteiger partial charge is 0.305 e. The van der Waals surface area contributed by atoms with Gasteiger partial charge in [-0.15, -0.1) is 0 Å². The van der Waals surface area contributed by atoms with Crippen molar-refractivity contribution < 1.29 is 22.0 Å². The number of pyridine rings is 1. The van der Waals surface area contributed by atoms with Crippen LogP contribution in [0.4, 0.5) is 14.5 Å². The van der Waals surface area contributed by atoms with E-state index in [4.69, 9.17) is 5.26 Å². The number of carbonyl (C=O) groups is 1. The Hall–Kier alpha value is -4.54. The molecule has 232 valence electrons. The highest BCUT2D eigenvalue weighted by molar-refractivity contribution is 7.89. The molecule has 1 saturated heterocycles. The summed E-state index contributed by atoms with van der Waals surface area (Å²) in [6.45, 7) is -0.0224. The smallest absolute Gasteiger partial charge is 0.260 e. The fourth-order valence-electron chi connectivity index (χ4n) is 6.04. The summed E-state index contributed by atoms with van der Waals surface area (Å²) >= 11 is 0. The maximum Gasteiger partial charge on any atom is 0.260 e. The van der Waals surface area contributed by atoms with E-state index in [0.717, 1.165) is 28.8 Å². The highest BCUT2D eigenvalue weighted by atomic mass is 32.2. The predicted octanol–water partition coefficient (Wildman–Crippen LogP) is 4.52. The summed E-state index contributed by atoms with van der Waals surface area (Å²) in [5, 5.41) is 9.52. The first-order valence-corrected chi connectivity index (χ1v) is 16.1. The first-order chi connectivity index (χ1) is 21.6. The molecule has 0 N–H and O–H groups in total. The van der Waals surface area contributed by atoms with Crippen molar-refractivity contribution in [2.75, 3.05) is 11.4 Å². The van der Waals surface area contributed by atoms with Crippen LogP contribution >= 0.6 is 0 Å². The van der Waals surface area contributed by atoms with Crippen LogP contribution in [-0.2, 0) is 28.4 Å². The molecule has 2 fully saturated rings. The summed E-state index contributed by atoms with van der Waals surface area (Å²) in [5.74, 6) is -3.04. The molecule has 0 spiro atoms. The molecule has 2 aromatic heterocycles. The maximum atomic E-state index is 14.2. The number of amides is 1. The van der Waals surface area contributed by atoms with Gasteiger partial charge in [0.2, 0.25) is 15.9 Å². The van der Waals surface area contributed by atoms with Crippen molar-refractivity contribution in [3.63, 3.8) is 0 Å². The van der Waals surface area contributed by atoms with E-state index < -0.39 is 44.1 Å². The number of hydrogen-bond acceptors (Lipinski definition) is 7. The van der Waals surface area contributed by atoms with E-state index in [1.807, 2.05) is 18.3 Å². The summed E-state index contributed by atoms with van der Waals surface area (Å²) in [4.78, 5) is 36.5. The van der Waals surface area contributed by atoms with Gasteiger partial charge >= 0.3 is 0 Å². The van der Waals surface area contributed by atoms with Gasteiger partial charge in [-0.3, -0.25) is 14.6 Å². The Morgan fingerprint density at radius 2 is 1.84 bits per heavy atom. The second-order valence-electron chi connectivity index (χ2n) is 11.5. The fourth-order valence-corrected chi connectivity index (χ4v) is 7.71. The molecule has 45 heavy (non-hydrogen) atoms. The highest BCUT2D eigenvalue weighted by Gasteiger charge is 2.45. The zero-order chi connectivity index (χ0) is 31.9. The van der Waals surface area contributed by atoms with Crippen LogP contribution in [0.1, 0.15) is 61.3 Å².